The first kappa shape index (κ1) is 11.8. The first-order valence-electron chi connectivity index (χ1n) is 5.22. The predicted molar refractivity (Wildman–Crippen MR) is 67.4 cm³/mol. The van der Waals surface area contributed by atoms with Crippen LogP contribution in [0.4, 0.5) is 11.6 Å². The average Bonchev–Trinajstić information content (AvgIpc) is 2.39. The maximum atomic E-state index is 11.9. The third-order valence-electron chi connectivity index (χ3n) is 2.28. The van der Waals surface area contributed by atoms with E-state index in [2.05, 4.69) is 15.3 Å². The molecule has 1 aromatic heterocycles. The van der Waals surface area contributed by atoms with E-state index in [9.17, 15) is 4.79 Å². The molecule has 2 rings (SSSR count). The lowest BCUT2D eigenvalue weighted by Gasteiger charge is -2.07. The van der Waals surface area contributed by atoms with Gasteiger partial charge in [0.1, 0.15) is 5.75 Å². The summed E-state index contributed by atoms with van der Waals surface area (Å²) in [6, 6.07) is 6.46. The molecule has 0 atom stereocenters. The number of ether oxygens (including phenoxy) is 1. The summed E-state index contributed by atoms with van der Waals surface area (Å²) >= 11 is 0. The Morgan fingerprint density at radius 2 is 2.06 bits per heavy atom. The molecule has 2 aromatic rings. The lowest BCUT2D eigenvalue weighted by molar-refractivity contribution is 0.102. The number of carbonyl (C=O) groups excluding carboxylic acids is 1. The number of nitrogens with one attached hydrogen (secondary N) is 1. The minimum Gasteiger partial charge on any atom is -0.495 e. The van der Waals surface area contributed by atoms with Gasteiger partial charge in [0.25, 0.3) is 5.91 Å². The van der Waals surface area contributed by atoms with E-state index in [1.807, 2.05) is 0 Å². The Bertz CT molecular complexity index is 557. The molecule has 1 aromatic carbocycles. The van der Waals surface area contributed by atoms with Crippen molar-refractivity contribution >= 4 is 17.5 Å². The zero-order valence-electron chi connectivity index (χ0n) is 9.75. The smallest absolute Gasteiger partial charge is 0.258 e. The molecular formula is C12H12N4O2. The summed E-state index contributed by atoms with van der Waals surface area (Å²) in [5.74, 6) is 0.454. The van der Waals surface area contributed by atoms with Crippen molar-refractivity contribution in [2.45, 2.75) is 0 Å². The Morgan fingerprint density at radius 3 is 2.67 bits per heavy atom. The highest BCUT2D eigenvalue weighted by molar-refractivity contribution is 6.04. The highest BCUT2D eigenvalue weighted by atomic mass is 16.5. The Balaban J connectivity index is 2.17. The zero-order valence-corrected chi connectivity index (χ0v) is 9.75. The maximum absolute atomic E-state index is 11.9. The van der Waals surface area contributed by atoms with E-state index >= 15 is 0 Å². The molecule has 0 fully saturated rings. The van der Waals surface area contributed by atoms with Gasteiger partial charge in [-0.3, -0.25) is 10.1 Å². The van der Waals surface area contributed by atoms with Crippen LogP contribution in [0.15, 0.2) is 36.7 Å². The molecule has 0 aliphatic carbocycles. The summed E-state index contributed by atoms with van der Waals surface area (Å²) in [5.41, 5.74) is 6.55. The van der Waals surface area contributed by atoms with Crippen molar-refractivity contribution in [2.75, 3.05) is 18.2 Å². The topological polar surface area (TPSA) is 90.1 Å². The number of nitrogens with zero attached hydrogens (tertiary/aromatic N) is 2. The number of amides is 1. The fourth-order valence-electron chi connectivity index (χ4n) is 1.41. The van der Waals surface area contributed by atoms with E-state index < -0.39 is 0 Å². The lowest BCUT2D eigenvalue weighted by Crippen LogP contribution is -2.14. The van der Waals surface area contributed by atoms with Gasteiger partial charge in [0.2, 0.25) is 5.95 Å². The minimum absolute atomic E-state index is 0.247. The SMILES string of the molecule is COc1ccc(C(=O)Nc2ncccn2)cc1N. The molecule has 0 radical (unpaired) electrons. The van der Waals surface area contributed by atoms with Gasteiger partial charge in [-0.15, -0.1) is 0 Å². The molecule has 6 nitrogen and oxygen atoms in total. The van der Waals surface area contributed by atoms with Crippen molar-refractivity contribution in [3.63, 3.8) is 0 Å². The first-order valence-corrected chi connectivity index (χ1v) is 5.22. The molecule has 6 heteroatoms. The second-order valence-corrected chi connectivity index (χ2v) is 3.48. The standard InChI is InChI=1S/C12H12N4O2/c1-18-10-4-3-8(7-9(10)13)11(17)16-12-14-5-2-6-15-12/h2-7H,13H2,1H3,(H,14,15,16,17). The molecule has 3 N–H and O–H groups in total. The van der Waals surface area contributed by atoms with E-state index in [4.69, 9.17) is 10.5 Å². The van der Waals surface area contributed by atoms with Gasteiger partial charge in [-0.05, 0) is 24.3 Å². The van der Waals surface area contributed by atoms with Gasteiger partial charge in [-0.1, -0.05) is 0 Å². The maximum Gasteiger partial charge on any atom is 0.258 e. The van der Waals surface area contributed by atoms with Crippen LogP contribution in [0.3, 0.4) is 0 Å². The van der Waals surface area contributed by atoms with Crippen molar-refractivity contribution in [1.82, 2.24) is 9.97 Å². The molecule has 18 heavy (non-hydrogen) atoms. The summed E-state index contributed by atoms with van der Waals surface area (Å²) in [4.78, 5) is 19.7. The third kappa shape index (κ3) is 2.54. The number of nitrogens with two attached hydrogens (primary N) is 1. The summed E-state index contributed by atoms with van der Waals surface area (Å²) in [5, 5.41) is 2.57. The number of hydrogen-bond acceptors (Lipinski definition) is 5. The van der Waals surface area contributed by atoms with Gasteiger partial charge < -0.3 is 10.5 Å². The van der Waals surface area contributed by atoms with Crippen LogP contribution in [0.2, 0.25) is 0 Å². The van der Waals surface area contributed by atoms with Crippen LogP contribution in [0, 0.1) is 0 Å². The summed E-state index contributed by atoms with van der Waals surface area (Å²) in [6.07, 6.45) is 3.09. The van der Waals surface area contributed by atoms with Gasteiger partial charge in [0.15, 0.2) is 0 Å². The normalized spacial score (nSPS) is 9.83. The number of methoxy groups -OCH3 is 1. The predicted octanol–water partition coefficient (Wildman–Crippen LogP) is 1.32. The molecule has 0 aliphatic heterocycles. The molecule has 1 heterocycles. The second-order valence-electron chi connectivity index (χ2n) is 3.48. The number of aromatic nitrogens is 2. The molecule has 0 unspecified atom stereocenters. The number of rotatable bonds is 3. The summed E-state index contributed by atoms with van der Waals surface area (Å²) < 4.78 is 5.02. The third-order valence-corrected chi connectivity index (χ3v) is 2.28. The fraction of sp³-hybridized carbons (Fsp3) is 0.0833. The largest absolute Gasteiger partial charge is 0.495 e. The molecule has 92 valence electrons. The van der Waals surface area contributed by atoms with Gasteiger partial charge in [-0.2, -0.15) is 0 Å². The first-order chi connectivity index (χ1) is 8.70. The monoisotopic (exact) mass is 244 g/mol. The van der Waals surface area contributed by atoms with E-state index in [-0.39, 0.29) is 11.9 Å². The van der Waals surface area contributed by atoms with Gasteiger partial charge in [0, 0.05) is 18.0 Å². The summed E-state index contributed by atoms with van der Waals surface area (Å²) in [6.45, 7) is 0. The highest BCUT2D eigenvalue weighted by Crippen LogP contribution is 2.22. The number of benzene rings is 1. The van der Waals surface area contributed by atoms with E-state index in [0.29, 0.717) is 17.0 Å². The van der Waals surface area contributed by atoms with Crippen LogP contribution < -0.4 is 15.8 Å². The van der Waals surface area contributed by atoms with Crippen molar-refractivity contribution in [3.05, 3.63) is 42.2 Å². The molecule has 0 spiro atoms. The molecule has 0 saturated carbocycles. The van der Waals surface area contributed by atoms with E-state index in [1.54, 1.807) is 30.6 Å². The van der Waals surface area contributed by atoms with Crippen molar-refractivity contribution in [3.8, 4) is 5.75 Å². The second kappa shape index (κ2) is 5.13. The molecule has 1 amide bonds. The van der Waals surface area contributed by atoms with Gasteiger partial charge in [0.05, 0.1) is 12.8 Å². The summed E-state index contributed by atoms with van der Waals surface area (Å²) in [7, 11) is 1.52. The Kier molecular flexibility index (Phi) is 3.38. The van der Waals surface area contributed by atoms with Crippen LogP contribution >= 0.6 is 0 Å². The van der Waals surface area contributed by atoms with Gasteiger partial charge >= 0.3 is 0 Å². The van der Waals surface area contributed by atoms with Crippen LogP contribution in [-0.4, -0.2) is 23.0 Å². The van der Waals surface area contributed by atoms with E-state index in [0.717, 1.165) is 0 Å². The Morgan fingerprint density at radius 1 is 1.33 bits per heavy atom. The molecule has 0 saturated heterocycles. The zero-order chi connectivity index (χ0) is 13.0. The van der Waals surface area contributed by atoms with Crippen molar-refractivity contribution in [1.29, 1.82) is 0 Å². The van der Waals surface area contributed by atoms with Crippen LogP contribution in [0.5, 0.6) is 5.75 Å². The van der Waals surface area contributed by atoms with E-state index in [1.165, 1.54) is 13.2 Å². The number of nitrogen functional groups attached to an aromatic ring is 1. The minimum atomic E-state index is -0.324. The Labute approximate surface area is 104 Å². The highest BCUT2D eigenvalue weighted by Gasteiger charge is 2.09. The van der Waals surface area contributed by atoms with Crippen LogP contribution in [0.1, 0.15) is 10.4 Å². The number of carbonyl (C=O) groups is 1. The molecule has 0 bridgehead atoms. The van der Waals surface area contributed by atoms with Crippen molar-refractivity contribution in [2.24, 2.45) is 0 Å². The average molecular weight is 244 g/mol. The molecule has 0 aliphatic rings. The molecular weight excluding hydrogens is 232 g/mol. The number of hydrogen-bond donors (Lipinski definition) is 2. The van der Waals surface area contributed by atoms with Crippen LogP contribution in [-0.2, 0) is 0 Å². The quantitative estimate of drug-likeness (QED) is 0.795. The lowest BCUT2D eigenvalue weighted by atomic mass is 10.2. The fourth-order valence-corrected chi connectivity index (χ4v) is 1.41. The number of anilines is 2. The van der Waals surface area contributed by atoms with Crippen molar-refractivity contribution < 1.29 is 9.53 Å². The van der Waals surface area contributed by atoms with Gasteiger partial charge in [-0.25, -0.2) is 9.97 Å². The Hall–Kier alpha value is -2.63. The van der Waals surface area contributed by atoms with Crippen LogP contribution in [0.25, 0.3) is 0 Å².